The molecule has 1 aliphatic rings. The zero-order valence-corrected chi connectivity index (χ0v) is 11.3. The average Bonchev–Trinajstić information content (AvgIpc) is 2.32. The maximum atomic E-state index is 11.7. The van der Waals surface area contributed by atoms with Crippen molar-refractivity contribution < 1.29 is 22.8 Å². The molecule has 2 unspecified atom stereocenters. The van der Waals surface area contributed by atoms with Gasteiger partial charge in [0, 0.05) is 26.9 Å². The molecular weight excluding hydrogens is 228 g/mol. The van der Waals surface area contributed by atoms with Gasteiger partial charge < -0.3 is 18.0 Å². The third kappa shape index (κ3) is 2.29. The minimum atomic E-state index is -2.74. The highest BCUT2D eigenvalue weighted by molar-refractivity contribution is 6.62. The van der Waals surface area contributed by atoms with Crippen LogP contribution in [-0.4, -0.2) is 42.7 Å². The van der Waals surface area contributed by atoms with Crippen molar-refractivity contribution >= 4 is 14.8 Å². The lowest BCUT2D eigenvalue weighted by Gasteiger charge is -2.38. The molecule has 0 aliphatic carbocycles. The molecule has 1 rings (SSSR count). The monoisotopic (exact) mass is 248 g/mol. The van der Waals surface area contributed by atoms with Gasteiger partial charge in [0.1, 0.15) is 0 Å². The second-order valence-corrected chi connectivity index (χ2v) is 6.97. The predicted octanol–water partition coefficient (Wildman–Crippen LogP) is 1.21. The Morgan fingerprint density at radius 1 is 1.31 bits per heavy atom. The summed E-state index contributed by atoms with van der Waals surface area (Å²) in [6, 6.07) is 0. The second kappa shape index (κ2) is 5.76. The van der Waals surface area contributed by atoms with Crippen LogP contribution in [0.5, 0.6) is 0 Å². The molecule has 0 aromatic heterocycles. The summed E-state index contributed by atoms with van der Waals surface area (Å²) in [5.41, 5.74) is -0.00116. The van der Waals surface area contributed by atoms with Gasteiger partial charge in [0.15, 0.2) is 0 Å². The van der Waals surface area contributed by atoms with Crippen LogP contribution in [0.1, 0.15) is 19.8 Å². The number of cyclic esters (lactones) is 1. The molecule has 0 N–H and O–H groups in total. The first-order valence-electron chi connectivity index (χ1n) is 5.47. The van der Waals surface area contributed by atoms with Gasteiger partial charge in [-0.2, -0.15) is 0 Å². The lowest BCUT2D eigenvalue weighted by molar-refractivity contribution is -0.154. The zero-order chi connectivity index (χ0) is 12.2. The molecule has 0 aromatic rings. The highest BCUT2D eigenvalue weighted by Crippen LogP contribution is 2.39. The van der Waals surface area contributed by atoms with E-state index in [4.69, 9.17) is 18.0 Å². The minimum Gasteiger partial charge on any atom is -0.465 e. The Bertz CT molecular complexity index is 233. The maximum Gasteiger partial charge on any atom is 0.504 e. The first-order chi connectivity index (χ1) is 7.65. The Labute approximate surface area is 97.4 Å². The van der Waals surface area contributed by atoms with E-state index in [9.17, 15) is 4.79 Å². The molecule has 1 heterocycles. The van der Waals surface area contributed by atoms with E-state index in [1.165, 1.54) is 0 Å². The molecule has 0 aromatic carbocycles. The smallest absolute Gasteiger partial charge is 0.465 e. The molecule has 1 fully saturated rings. The number of ether oxygens (including phenoxy) is 1. The van der Waals surface area contributed by atoms with Crippen LogP contribution >= 0.6 is 0 Å². The summed E-state index contributed by atoms with van der Waals surface area (Å²) in [4.78, 5) is 11.7. The van der Waals surface area contributed by atoms with E-state index >= 15 is 0 Å². The van der Waals surface area contributed by atoms with Gasteiger partial charge >= 0.3 is 14.8 Å². The van der Waals surface area contributed by atoms with Gasteiger partial charge in [-0.15, -0.1) is 0 Å². The summed E-state index contributed by atoms with van der Waals surface area (Å²) >= 11 is 0. The lowest BCUT2D eigenvalue weighted by atomic mass is 9.98. The van der Waals surface area contributed by atoms with Gasteiger partial charge in [-0.1, -0.05) is 6.92 Å². The van der Waals surface area contributed by atoms with E-state index in [2.05, 4.69) is 0 Å². The molecule has 1 aliphatic heterocycles. The lowest BCUT2D eigenvalue weighted by Crippen LogP contribution is -2.53. The van der Waals surface area contributed by atoms with Crippen molar-refractivity contribution in [1.29, 1.82) is 0 Å². The van der Waals surface area contributed by atoms with Crippen LogP contribution in [0, 0.1) is 5.92 Å². The third-order valence-electron chi connectivity index (χ3n) is 3.21. The Kier molecular flexibility index (Phi) is 4.91. The van der Waals surface area contributed by atoms with Gasteiger partial charge in [0.25, 0.3) is 0 Å². The summed E-state index contributed by atoms with van der Waals surface area (Å²) < 4.78 is 21.4. The van der Waals surface area contributed by atoms with E-state index < -0.39 is 8.80 Å². The third-order valence-corrected chi connectivity index (χ3v) is 6.52. The molecule has 0 bridgehead atoms. The summed E-state index contributed by atoms with van der Waals surface area (Å²) in [6.45, 7) is 2.38. The highest BCUT2D eigenvalue weighted by Gasteiger charge is 2.54. The van der Waals surface area contributed by atoms with E-state index in [1.807, 2.05) is 6.92 Å². The molecule has 0 saturated carbocycles. The summed E-state index contributed by atoms with van der Waals surface area (Å²) in [5, 5.41) is 0. The minimum absolute atomic E-state index is 0.00116. The summed E-state index contributed by atoms with van der Waals surface area (Å²) in [5.74, 6) is -0.345. The van der Waals surface area contributed by atoms with Gasteiger partial charge in [-0.05, 0) is 12.8 Å². The predicted molar refractivity (Wildman–Crippen MR) is 59.9 cm³/mol. The molecular formula is C10H20O5Si. The van der Waals surface area contributed by atoms with Gasteiger partial charge in [0.2, 0.25) is 0 Å². The molecule has 0 amide bonds. The van der Waals surface area contributed by atoms with Crippen LogP contribution in [0.25, 0.3) is 0 Å². The van der Waals surface area contributed by atoms with Crippen LogP contribution < -0.4 is 0 Å². The number of carbonyl (C=O) groups is 1. The molecule has 0 spiro atoms. The first-order valence-corrected chi connectivity index (χ1v) is 7.27. The fraction of sp³-hybridized carbons (Fsp3) is 0.900. The SMILES string of the molecule is CCC1C(=O)OCCC1[Si](OC)(OC)OC. The molecule has 94 valence electrons. The Morgan fingerprint density at radius 2 is 1.88 bits per heavy atom. The molecule has 6 heteroatoms. The maximum absolute atomic E-state index is 11.7. The molecule has 5 nitrogen and oxygen atoms in total. The number of hydrogen-bond acceptors (Lipinski definition) is 5. The van der Waals surface area contributed by atoms with Crippen LogP contribution in [-0.2, 0) is 22.8 Å². The highest BCUT2D eigenvalue weighted by atomic mass is 28.4. The second-order valence-electron chi connectivity index (χ2n) is 3.79. The number of hydrogen-bond donors (Lipinski definition) is 0. The van der Waals surface area contributed by atoms with Crippen LogP contribution in [0.2, 0.25) is 5.54 Å². The van der Waals surface area contributed by atoms with E-state index in [-0.39, 0.29) is 17.4 Å². The van der Waals surface area contributed by atoms with Crippen molar-refractivity contribution in [2.45, 2.75) is 25.3 Å². The zero-order valence-electron chi connectivity index (χ0n) is 10.3. The van der Waals surface area contributed by atoms with E-state index in [0.717, 1.165) is 6.42 Å². The van der Waals surface area contributed by atoms with Crippen molar-refractivity contribution in [3.8, 4) is 0 Å². The largest absolute Gasteiger partial charge is 0.504 e. The van der Waals surface area contributed by atoms with E-state index in [0.29, 0.717) is 13.0 Å². The number of esters is 1. The standard InChI is InChI=1S/C10H20O5Si/c1-5-8-9(6-7-15-10(8)11)16(12-2,13-3)14-4/h8-9H,5-7H2,1-4H3. The molecule has 2 atom stereocenters. The molecule has 0 radical (unpaired) electrons. The Balaban J connectivity index is 2.93. The summed E-state index contributed by atoms with van der Waals surface area (Å²) in [7, 11) is 1.98. The Morgan fingerprint density at radius 3 is 2.31 bits per heavy atom. The van der Waals surface area contributed by atoms with Crippen molar-refractivity contribution in [3.05, 3.63) is 0 Å². The van der Waals surface area contributed by atoms with Crippen molar-refractivity contribution in [2.24, 2.45) is 5.92 Å². The quantitative estimate of drug-likeness (QED) is 0.540. The topological polar surface area (TPSA) is 54.0 Å². The number of carbonyl (C=O) groups excluding carboxylic acids is 1. The first kappa shape index (κ1) is 13.6. The van der Waals surface area contributed by atoms with Gasteiger partial charge in [-0.25, -0.2) is 0 Å². The van der Waals surface area contributed by atoms with Crippen LogP contribution in [0.15, 0.2) is 0 Å². The number of rotatable bonds is 5. The van der Waals surface area contributed by atoms with Crippen molar-refractivity contribution in [2.75, 3.05) is 27.9 Å². The van der Waals surface area contributed by atoms with Gasteiger partial charge in [-0.3, -0.25) is 4.79 Å². The normalized spacial score (nSPS) is 26.6. The molecule has 16 heavy (non-hydrogen) atoms. The molecule has 1 saturated heterocycles. The fourth-order valence-corrected chi connectivity index (χ4v) is 5.08. The fourth-order valence-electron chi connectivity index (χ4n) is 2.34. The Hall–Kier alpha value is -0.433. The van der Waals surface area contributed by atoms with Gasteiger partial charge in [0.05, 0.1) is 12.5 Å². The summed E-state index contributed by atoms with van der Waals surface area (Å²) in [6.07, 6.45) is 1.46. The van der Waals surface area contributed by atoms with Crippen LogP contribution in [0.4, 0.5) is 0 Å². The van der Waals surface area contributed by atoms with E-state index in [1.54, 1.807) is 21.3 Å². The van der Waals surface area contributed by atoms with Crippen molar-refractivity contribution in [1.82, 2.24) is 0 Å². The average molecular weight is 248 g/mol. The van der Waals surface area contributed by atoms with Crippen molar-refractivity contribution in [3.63, 3.8) is 0 Å². The van der Waals surface area contributed by atoms with Crippen LogP contribution in [0.3, 0.4) is 0 Å².